The van der Waals surface area contributed by atoms with Crippen LogP contribution in [-0.2, 0) is 0 Å². The van der Waals surface area contributed by atoms with Gasteiger partial charge in [0.05, 0.1) is 17.5 Å². The van der Waals surface area contributed by atoms with E-state index >= 15 is 0 Å². The van der Waals surface area contributed by atoms with Crippen molar-refractivity contribution in [1.29, 1.82) is 0 Å². The highest BCUT2D eigenvalue weighted by atomic mass is 15.2. The Balaban J connectivity index is 1.90. The number of benzene rings is 3. The highest BCUT2D eigenvalue weighted by Gasteiger charge is 2.30. The van der Waals surface area contributed by atoms with Crippen LogP contribution >= 0.6 is 0 Å². The van der Waals surface area contributed by atoms with Gasteiger partial charge in [-0.25, -0.2) is 4.99 Å². The number of para-hydroxylation sites is 1. The van der Waals surface area contributed by atoms with E-state index < -0.39 is 0 Å². The van der Waals surface area contributed by atoms with Gasteiger partial charge < -0.3 is 4.90 Å². The standard InChI is InChI=1S/C23H21BN2/c1-17-21(18-11-5-2-6-12-18)25-23(24)26(20-15-9-4-10-16-20)22(17)19-13-7-3-8-14-19/h2-16,22H,24H2,1H3. The molecule has 0 aromatic heterocycles. The van der Waals surface area contributed by atoms with Crippen LogP contribution in [0.5, 0.6) is 0 Å². The molecule has 0 amide bonds. The van der Waals surface area contributed by atoms with Gasteiger partial charge in [-0.3, -0.25) is 0 Å². The van der Waals surface area contributed by atoms with Crippen LogP contribution in [0.2, 0.25) is 0 Å². The number of rotatable bonds is 3. The predicted octanol–water partition coefficient (Wildman–Crippen LogP) is 4.67. The SMILES string of the molecule is BC1=NC(c2ccccc2)=C(C)C(c2ccccc2)N1c1ccccc1. The molecule has 0 radical (unpaired) electrons. The molecule has 1 unspecified atom stereocenters. The van der Waals surface area contributed by atoms with Gasteiger partial charge >= 0.3 is 0 Å². The molecule has 0 fully saturated rings. The van der Waals surface area contributed by atoms with Gasteiger partial charge in [-0.1, -0.05) is 78.9 Å². The molecular weight excluding hydrogens is 315 g/mol. The van der Waals surface area contributed by atoms with Crippen LogP contribution in [0.4, 0.5) is 5.69 Å². The van der Waals surface area contributed by atoms with Crippen molar-refractivity contribution in [3.05, 3.63) is 108 Å². The molecule has 0 spiro atoms. The molecule has 1 atom stereocenters. The van der Waals surface area contributed by atoms with E-state index in [1.165, 1.54) is 11.1 Å². The van der Waals surface area contributed by atoms with Gasteiger partial charge in [0.15, 0.2) is 7.85 Å². The molecule has 1 aliphatic rings. The van der Waals surface area contributed by atoms with Crippen molar-refractivity contribution in [2.75, 3.05) is 4.90 Å². The average molecular weight is 336 g/mol. The Labute approximate surface area is 155 Å². The molecule has 3 heteroatoms. The lowest BCUT2D eigenvalue weighted by molar-refractivity contribution is 0.812. The summed E-state index contributed by atoms with van der Waals surface area (Å²) in [6.07, 6.45) is 0. The van der Waals surface area contributed by atoms with Crippen LogP contribution in [0.15, 0.2) is 102 Å². The van der Waals surface area contributed by atoms with Crippen LogP contribution < -0.4 is 4.90 Å². The summed E-state index contributed by atoms with van der Waals surface area (Å²) in [4.78, 5) is 7.32. The zero-order chi connectivity index (χ0) is 17.9. The highest BCUT2D eigenvalue weighted by molar-refractivity contribution is 6.63. The molecule has 2 nitrogen and oxygen atoms in total. The topological polar surface area (TPSA) is 15.6 Å². The van der Waals surface area contributed by atoms with Gasteiger partial charge in [-0.2, -0.15) is 0 Å². The maximum atomic E-state index is 4.99. The molecule has 26 heavy (non-hydrogen) atoms. The van der Waals surface area contributed by atoms with E-state index in [-0.39, 0.29) is 6.04 Å². The lowest BCUT2D eigenvalue weighted by Gasteiger charge is -2.38. The van der Waals surface area contributed by atoms with Crippen molar-refractivity contribution in [3.63, 3.8) is 0 Å². The van der Waals surface area contributed by atoms with E-state index in [0.717, 1.165) is 22.7 Å². The first-order chi connectivity index (χ1) is 12.8. The summed E-state index contributed by atoms with van der Waals surface area (Å²) in [6, 6.07) is 31.8. The summed E-state index contributed by atoms with van der Waals surface area (Å²) < 4.78 is 0. The second kappa shape index (κ2) is 7.05. The lowest BCUT2D eigenvalue weighted by atomic mass is 9.89. The Morgan fingerprint density at radius 2 is 1.31 bits per heavy atom. The van der Waals surface area contributed by atoms with Gasteiger partial charge in [0.2, 0.25) is 0 Å². The number of aliphatic imine (C=N–C) groups is 1. The van der Waals surface area contributed by atoms with E-state index in [9.17, 15) is 0 Å². The fourth-order valence-electron chi connectivity index (χ4n) is 3.66. The van der Waals surface area contributed by atoms with Crippen LogP contribution in [0.1, 0.15) is 24.1 Å². The first-order valence-electron chi connectivity index (χ1n) is 8.96. The van der Waals surface area contributed by atoms with Crippen molar-refractivity contribution in [1.82, 2.24) is 0 Å². The summed E-state index contributed by atoms with van der Waals surface area (Å²) in [5.41, 5.74) is 6.94. The molecule has 0 bridgehead atoms. The van der Waals surface area contributed by atoms with Crippen LogP contribution in [-0.4, -0.2) is 13.6 Å². The smallest absolute Gasteiger partial charge is 0.186 e. The summed E-state index contributed by atoms with van der Waals surface area (Å²) in [5, 5.41) is 0. The quantitative estimate of drug-likeness (QED) is 0.635. The van der Waals surface area contributed by atoms with Crippen LogP contribution in [0.3, 0.4) is 0 Å². The fraction of sp³-hybridized carbons (Fsp3) is 0.0870. The fourth-order valence-corrected chi connectivity index (χ4v) is 3.66. The van der Waals surface area contributed by atoms with E-state index in [1.807, 2.05) is 6.07 Å². The number of hydrogen-bond donors (Lipinski definition) is 0. The summed E-state index contributed by atoms with van der Waals surface area (Å²) in [7, 11) is 2.10. The van der Waals surface area contributed by atoms with Gasteiger partial charge in [-0.05, 0) is 30.2 Å². The maximum Gasteiger partial charge on any atom is 0.186 e. The van der Waals surface area contributed by atoms with Gasteiger partial charge in [-0.15, -0.1) is 0 Å². The van der Waals surface area contributed by atoms with Crippen molar-refractivity contribution in [3.8, 4) is 0 Å². The minimum absolute atomic E-state index is 0.131. The van der Waals surface area contributed by atoms with E-state index in [1.54, 1.807) is 0 Å². The zero-order valence-electron chi connectivity index (χ0n) is 15.1. The Morgan fingerprint density at radius 1 is 0.769 bits per heavy atom. The second-order valence-corrected chi connectivity index (χ2v) is 6.58. The van der Waals surface area contributed by atoms with E-state index in [4.69, 9.17) is 4.99 Å². The van der Waals surface area contributed by atoms with Crippen molar-refractivity contribution in [2.24, 2.45) is 4.99 Å². The van der Waals surface area contributed by atoms with Crippen molar-refractivity contribution in [2.45, 2.75) is 13.0 Å². The van der Waals surface area contributed by atoms with E-state index in [2.05, 4.69) is 105 Å². The van der Waals surface area contributed by atoms with Gasteiger partial charge in [0.25, 0.3) is 0 Å². The Bertz CT molecular complexity index is 947. The minimum atomic E-state index is 0.131. The summed E-state index contributed by atoms with van der Waals surface area (Å²) in [6.45, 7) is 2.20. The average Bonchev–Trinajstić information content (AvgIpc) is 2.71. The zero-order valence-corrected chi connectivity index (χ0v) is 15.1. The Hall–Kier alpha value is -3.07. The molecule has 1 heterocycles. The van der Waals surface area contributed by atoms with E-state index in [0.29, 0.717) is 0 Å². The number of hydrogen-bond acceptors (Lipinski definition) is 2. The normalized spacial score (nSPS) is 17.2. The molecule has 3 aromatic carbocycles. The molecule has 126 valence electrons. The minimum Gasteiger partial charge on any atom is -0.327 e. The molecule has 0 saturated carbocycles. The monoisotopic (exact) mass is 336 g/mol. The first kappa shape index (κ1) is 16.4. The predicted molar refractivity (Wildman–Crippen MR) is 113 cm³/mol. The van der Waals surface area contributed by atoms with Crippen molar-refractivity contribution >= 4 is 25.0 Å². The van der Waals surface area contributed by atoms with Crippen LogP contribution in [0, 0.1) is 0 Å². The molecule has 3 aromatic rings. The first-order valence-corrected chi connectivity index (χ1v) is 8.96. The molecular formula is C23H21BN2. The summed E-state index contributed by atoms with van der Waals surface area (Å²) >= 11 is 0. The molecule has 0 aliphatic carbocycles. The summed E-state index contributed by atoms with van der Waals surface area (Å²) in [5.74, 6) is 0. The third kappa shape index (κ3) is 2.97. The van der Waals surface area contributed by atoms with Crippen LogP contribution in [0.25, 0.3) is 5.70 Å². The van der Waals surface area contributed by atoms with Gasteiger partial charge in [0, 0.05) is 11.3 Å². The second-order valence-electron chi connectivity index (χ2n) is 6.58. The molecule has 0 saturated heterocycles. The third-order valence-electron chi connectivity index (χ3n) is 4.86. The number of amidine groups is 1. The maximum absolute atomic E-state index is 4.99. The highest BCUT2D eigenvalue weighted by Crippen LogP contribution is 2.40. The van der Waals surface area contributed by atoms with Crippen molar-refractivity contribution < 1.29 is 0 Å². The Morgan fingerprint density at radius 3 is 1.92 bits per heavy atom. The number of nitrogens with zero attached hydrogens (tertiary/aromatic N) is 2. The van der Waals surface area contributed by atoms with Gasteiger partial charge in [0.1, 0.15) is 0 Å². The largest absolute Gasteiger partial charge is 0.327 e. The molecule has 0 N–H and O–H groups in total. The lowest BCUT2D eigenvalue weighted by Crippen LogP contribution is -2.38. The third-order valence-corrected chi connectivity index (χ3v) is 4.86. The molecule has 4 rings (SSSR count). The Kier molecular flexibility index (Phi) is 4.45. The molecule has 1 aliphatic heterocycles. The number of anilines is 1.